The summed E-state index contributed by atoms with van der Waals surface area (Å²) in [5.41, 5.74) is 1.71. The summed E-state index contributed by atoms with van der Waals surface area (Å²) in [4.78, 5) is 28.1. The van der Waals surface area contributed by atoms with Gasteiger partial charge in [-0.1, -0.05) is 42.1 Å². The highest BCUT2D eigenvalue weighted by molar-refractivity contribution is 7.99. The highest BCUT2D eigenvalue weighted by atomic mass is 32.2. The number of nitrogens with zero attached hydrogens (tertiary/aromatic N) is 2. The fourth-order valence-corrected chi connectivity index (χ4v) is 3.30. The molecule has 1 aromatic heterocycles. The molecule has 1 aliphatic rings. The Morgan fingerprint density at radius 1 is 1.30 bits per heavy atom. The van der Waals surface area contributed by atoms with Crippen LogP contribution in [0.2, 0.25) is 0 Å². The largest absolute Gasteiger partial charge is 0.296 e. The quantitative estimate of drug-likeness (QED) is 0.641. The number of carbonyl (C=O) groups excluding carboxylic acids is 1. The Hall–Kier alpha value is -1.88. The van der Waals surface area contributed by atoms with Crippen LogP contribution in [-0.2, 0) is 13.0 Å². The lowest BCUT2D eigenvalue weighted by Gasteiger charge is -2.18. The van der Waals surface area contributed by atoms with E-state index in [1.165, 1.54) is 0 Å². The summed E-state index contributed by atoms with van der Waals surface area (Å²) < 4.78 is 1.69. The fourth-order valence-electron chi connectivity index (χ4n) is 2.35. The van der Waals surface area contributed by atoms with Gasteiger partial charge >= 0.3 is 0 Å². The van der Waals surface area contributed by atoms with Gasteiger partial charge in [-0.05, 0) is 12.0 Å². The van der Waals surface area contributed by atoms with E-state index in [4.69, 9.17) is 0 Å². The maximum Gasteiger partial charge on any atom is 0.258 e. The summed E-state index contributed by atoms with van der Waals surface area (Å²) in [7, 11) is 0. The Kier molecular flexibility index (Phi) is 3.69. The van der Waals surface area contributed by atoms with Crippen LogP contribution in [0.15, 0.2) is 40.3 Å². The first-order valence-electron chi connectivity index (χ1n) is 6.55. The molecule has 4 nitrogen and oxygen atoms in total. The summed E-state index contributed by atoms with van der Waals surface area (Å²) in [5, 5.41) is 0.667. The van der Waals surface area contributed by atoms with Gasteiger partial charge in [0.15, 0.2) is 11.4 Å². The molecule has 1 aromatic carbocycles. The van der Waals surface area contributed by atoms with Crippen molar-refractivity contribution in [2.75, 3.05) is 5.75 Å². The molecular weight excluding hydrogens is 272 g/mol. The zero-order valence-corrected chi connectivity index (χ0v) is 11.7. The molecule has 0 atom stereocenters. The van der Waals surface area contributed by atoms with Gasteiger partial charge in [0.05, 0.1) is 5.56 Å². The summed E-state index contributed by atoms with van der Waals surface area (Å²) in [6, 6.07) is 9.68. The van der Waals surface area contributed by atoms with Gasteiger partial charge in [-0.25, -0.2) is 4.98 Å². The molecule has 0 aliphatic carbocycles. The highest BCUT2D eigenvalue weighted by Crippen LogP contribution is 2.22. The average molecular weight is 286 g/mol. The van der Waals surface area contributed by atoms with Crippen LogP contribution in [0.25, 0.3) is 0 Å². The van der Waals surface area contributed by atoms with E-state index in [0.29, 0.717) is 30.0 Å². The topological polar surface area (TPSA) is 52.0 Å². The molecule has 0 spiro atoms. The molecule has 20 heavy (non-hydrogen) atoms. The molecule has 0 unspecified atom stereocenters. The van der Waals surface area contributed by atoms with E-state index >= 15 is 0 Å². The fraction of sp³-hybridized carbons (Fsp3) is 0.267. The van der Waals surface area contributed by atoms with E-state index in [1.54, 1.807) is 16.3 Å². The third-order valence-corrected chi connectivity index (χ3v) is 4.41. The van der Waals surface area contributed by atoms with Crippen molar-refractivity contribution in [1.82, 2.24) is 9.55 Å². The number of hydrogen-bond acceptors (Lipinski definition) is 4. The Labute approximate surface area is 120 Å². The summed E-state index contributed by atoms with van der Waals surface area (Å²) in [6.07, 6.45) is 2.10. The monoisotopic (exact) mass is 286 g/mol. The normalized spacial score (nSPS) is 13.8. The molecule has 0 amide bonds. The van der Waals surface area contributed by atoms with Gasteiger partial charge in [0.2, 0.25) is 0 Å². The first kappa shape index (κ1) is 13.1. The number of benzene rings is 1. The minimum atomic E-state index is -0.0758. The van der Waals surface area contributed by atoms with Gasteiger partial charge in [-0.15, -0.1) is 0 Å². The van der Waals surface area contributed by atoms with Crippen molar-refractivity contribution in [3.05, 3.63) is 57.5 Å². The molecule has 0 bridgehead atoms. The summed E-state index contributed by atoms with van der Waals surface area (Å²) in [6.45, 7) is 0.690. The van der Waals surface area contributed by atoms with Crippen molar-refractivity contribution in [2.24, 2.45) is 0 Å². The van der Waals surface area contributed by atoms with Crippen molar-refractivity contribution in [3.8, 4) is 0 Å². The van der Waals surface area contributed by atoms with Crippen molar-refractivity contribution >= 4 is 18.0 Å². The molecule has 2 aromatic rings. The van der Waals surface area contributed by atoms with Crippen LogP contribution < -0.4 is 5.56 Å². The maximum absolute atomic E-state index is 12.5. The van der Waals surface area contributed by atoms with Gasteiger partial charge < -0.3 is 0 Å². The van der Waals surface area contributed by atoms with Gasteiger partial charge in [0.25, 0.3) is 5.56 Å². The molecule has 5 heteroatoms. The molecule has 0 saturated heterocycles. The van der Waals surface area contributed by atoms with Crippen molar-refractivity contribution in [2.45, 2.75) is 24.5 Å². The number of fused-ring (bicyclic) bond motifs is 1. The molecule has 1 aliphatic heterocycles. The van der Waals surface area contributed by atoms with Crippen LogP contribution in [0.5, 0.6) is 0 Å². The number of thioether (sulfide) groups is 1. The van der Waals surface area contributed by atoms with Crippen LogP contribution in [0.3, 0.4) is 0 Å². The number of aldehydes is 1. The van der Waals surface area contributed by atoms with Gasteiger partial charge in [-0.2, -0.15) is 0 Å². The lowest BCUT2D eigenvalue weighted by atomic mass is 10.1. The molecule has 3 rings (SSSR count). The smallest absolute Gasteiger partial charge is 0.258 e. The molecular formula is C15H14N2O2S. The second-order valence-corrected chi connectivity index (χ2v) is 5.76. The van der Waals surface area contributed by atoms with E-state index in [9.17, 15) is 9.59 Å². The first-order valence-corrected chi connectivity index (χ1v) is 7.54. The van der Waals surface area contributed by atoms with E-state index in [2.05, 4.69) is 4.98 Å². The van der Waals surface area contributed by atoms with E-state index in [0.717, 1.165) is 17.7 Å². The van der Waals surface area contributed by atoms with Gasteiger partial charge in [0, 0.05) is 18.7 Å². The highest BCUT2D eigenvalue weighted by Gasteiger charge is 2.19. The Morgan fingerprint density at radius 3 is 2.85 bits per heavy atom. The van der Waals surface area contributed by atoms with Gasteiger partial charge in [0.1, 0.15) is 5.69 Å². The predicted octanol–water partition coefficient (Wildman–Crippen LogP) is 2.14. The lowest BCUT2D eigenvalue weighted by molar-refractivity contribution is 0.111. The third kappa shape index (κ3) is 2.41. The summed E-state index contributed by atoms with van der Waals surface area (Å²) in [5.74, 6) is 0.947. The number of hydrogen-bond donors (Lipinski definition) is 0. The Bertz CT molecular complexity index is 695. The zero-order valence-electron chi connectivity index (χ0n) is 10.9. The zero-order chi connectivity index (χ0) is 13.9. The van der Waals surface area contributed by atoms with Gasteiger partial charge in [-0.3, -0.25) is 14.2 Å². The van der Waals surface area contributed by atoms with Crippen molar-refractivity contribution < 1.29 is 4.79 Å². The van der Waals surface area contributed by atoms with Crippen LogP contribution >= 0.6 is 11.8 Å². The standard InChI is InChI=1S/C15H14N2O2S/c18-10-13-12(9-11-5-2-1-3-6-11)14(19)17-7-4-8-20-15(17)16-13/h1-3,5-6,10H,4,7-9H2. The van der Waals surface area contributed by atoms with Crippen molar-refractivity contribution in [3.63, 3.8) is 0 Å². The summed E-state index contributed by atoms with van der Waals surface area (Å²) >= 11 is 1.54. The molecule has 102 valence electrons. The average Bonchev–Trinajstić information content (AvgIpc) is 2.51. The third-order valence-electron chi connectivity index (χ3n) is 3.35. The number of carbonyl (C=O) groups is 1. The first-order chi connectivity index (χ1) is 9.79. The van der Waals surface area contributed by atoms with E-state index in [-0.39, 0.29) is 11.3 Å². The SMILES string of the molecule is O=Cc1nc2n(c(=O)c1Cc1ccccc1)CCCS2. The van der Waals surface area contributed by atoms with Crippen LogP contribution in [0.1, 0.15) is 28.0 Å². The molecule has 2 heterocycles. The Morgan fingerprint density at radius 2 is 2.10 bits per heavy atom. The molecule has 0 radical (unpaired) electrons. The predicted molar refractivity (Wildman–Crippen MR) is 78.5 cm³/mol. The van der Waals surface area contributed by atoms with Crippen molar-refractivity contribution in [1.29, 1.82) is 0 Å². The maximum atomic E-state index is 12.5. The van der Waals surface area contributed by atoms with Crippen LogP contribution in [0.4, 0.5) is 0 Å². The molecule has 0 saturated carbocycles. The second-order valence-electron chi connectivity index (χ2n) is 4.70. The second kappa shape index (κ2) is 5.63. The number of rotatable bonds is 3. The van der Waals surface area contributed by atoms with E-state index < -0.39 is 0 Å². The lowest BCUT2D eigenvalue weighted by Crippen LogP contribution is -2.30. The Balaban J connectivity index is 2.09. The minimum Gasteiger partial charge on any atom is -0.296 e. The minimum absolute atomic E-state index is 0.0758. The number of aromatic nitrogens is 2. The molecule has 0 N–H and O–H groups in total. The van der Waals surface area contributed by atoms with E-state index in [1.807, 2.05) is 30.3 Å². The van der Waals surface area contributed by atoms with Crippen LogP contribution in [-0.4, -0.2) is 21.6 Å². The molecule has 0 fully saturated rings. The van der Waals surface area contributed by atoms with Crippen LogP contribution in [0, 0.1) is 0 Å².